The lowest BCUT2D eigenvalue weighted by molar-refractivity contribution is 0.0212. The molecule has 2 fully saturated rings. The minimum atomic E-state index is 0.427. The lowest BCUT2D eigenvalue weighted by Crippen LogP contribution is -2.32. The summed E-state index contributed by atoms with van der Waals surface area (Å²) < 4.78 is 11.8. The Kier molecular flexibility index (Phi) is 6.29. The maximum absolute atomic E-state index is 5.99. The Morgan fingerprint density at radius 3 is 2.18 bits per heavy atom. The first-order chi connectivity index (χ1) is 10.9. The minimum absolute atomic E-state index is 0.427. The monoisotopic (exact) mass is 303 g/mol. The van der Waals surface area contributed by atoms with Gasteiger partial charge in [0.05, 0.1) is 19.3 Å². The second kappa shape index (κ2) is 8.66. The van der Waals surface area contributed by atoms with Crippen molar-refractivity contribution < 1.29 is 9.47 Å². The summed E-state index contributed by atoms with van der Waals surface area (Å²) in [6.07, 6.45) is 8.18. The van der Waals surface area contributed by atoms with Crippen LogP contribution in [-0.4, -0.2) is 25.8 Å². The Labute approximate surface area is 134 Å². The van der Waals surface area contributed by atoms with Gasteiger partial charge >= 0.3 is 0 Å². The molecule has 1 aromatic carbocycles. The third kappa shape index (κ3) is 5.08. The minimum Gasteiger partial charge on any atom is -0.376 e. The van der Waals surface area contributed by atoms with Gasteiger partial charge in [0.1, 0.15) is 0 Å². The van der Waals surface area contributed by atoms with Crippen molar-refractivity contribution >= 4 is 0 Å². The molecule has 0 amide bonds. The molecule has 0 unspecified atom stereocenters. The van der Waals surface area contributed by atoms with E-state index in [1.54, 1.807) is 0 Å². The number of hydrogen-bond acceptors (Lipinski definition) is 3. The summed E-state index contributed by atoms with van der Waals surface area (Å²) in [7, 11) is 0. The Morgan fingerprint density at radius 1 is 0.864 bits per heavy atom. The van der Waals surface area contributed by atoms with Crippen molar-refractivity contribution in [3.63, 3.8) is 0 Å². The van der Waals surface area contributed by atoms with Gasteiger partial charge in [0.15, 0.2) is 0 Å². The summed E-state index contributed by atoms with van der Waals surface area (Å²) in [5.41, 5.74) is 2.53. The molecule has 0 atom stereocenters. The van der Waals surface area contributed by atoms with Crippen LogP contribution >= 0.6 is 0 Å². The zero-order valence-corrected chi connectivity index (χ0v) is 13.6. The van der Waals surface area contributed by atoms with E-state index in [1.807, 2.05) is 0 Å². The van der Waals surface area contributed by atoms with Crippen molar-refractivity contribution in [1.82, 2.24) is 5.32 Å². The van der Waals surface area contributed by atoms with Crippen molar-refractivity contribution in [3.8, 4) is 0 Å². The molecule has 3 heteroatoms. The highest BCUT2D eigenvalue weighted by Gasteiger charge is 2.15. The molecule has 1 aromatic rings. The van der Waals surface area contributed by atoms with Crippen LogP contribution in [0.25, 0.3) is 0 Å². The van der Waals surface area contributed by atoms with Gasteiger partial charge in [0.25, 0.3) is 0 Å². The van der Waals surface area contributed by atoms with Crippen LogP contribution in [0, 0.1) is 5.92 Å². The molecule has 1 heterocycles. The summed E-state index contributed by atoms with van der Waals surface area (Å²) >= 11 is 0. The quantitative estimate of drug-likeness (QED) is 0.834. The van der Waals surface area contributed by atoms with Gasteiger partial charge < -0.3 is 14.8 Å². The maximum atomic E-state index is 5.99. The van der Waals surface area contributed by atoms with Gasteiger partial charge in [-0.05, 0) is 55.8 Å². The predicted octanol–water partition coefficient (Wildman–Crippen LogP) is 3.66. The van der Waals surface area contributed by atoms with Crippen molar-refractivity contribution in [2.24, 2.45) is 5.92 Å². The van der Waals surface area contributed by atoms with Gasteiger partial charge in [-0.3, -0.25) is 0 Å². The number of hydrogen-bond donors (Lipinski definition) is 1. The molecule has 1 saturated heterocycles. The van der Waals surface area contributed by atoms with E-state index in [1.165, 1.54) is 36.8 Å². The average molecular weight is 303 g/mol. The zero-order valence-electron chi connectivity index (χ0n) is 13.6. The molecule has 2 aliphatic rings. The molecule has 1 aliphatic heterocycles. The van der Waals surface area contributed by atoms with E-state index in [2.05, 4.69) is 29.6 Å². The highest BCUT2D eigenvalue weighted by atomic mass is 16.5. The smallest absolute Gasteiger partial charge is 0.0720 e. The van der Waals surface area contributed by atoms with Crippen LogP contribution in [0.5, 0.6) is 0 Å². The van der Waals surface area contributed by atoms with Crippen LogP contribution in [0.3, 0.4) is 0 Å². The van der Waals surface area contributed by atoms with Crippen molar-refractivity contribution in [2.75, 3.05) is 19.7 Å². The zero-order chi connectivity index (χ0) is 15.0. The Hall–Kier alpha value is -0.900. The highest BCUT2D eigenvalue weighted by Crippen LogP contribution is 2.25. The molecule has 3 rings (SSSR count). The molecular weight excluding hydrogens is 274 g/mol. The molecule has 0 radical (unpaired) electrons. The van der Waals surface area contributed by atoms with Crippen LogP contribution in [0.4, 0.5) is 0 Å². The first kappa shape index (κ1) is 16.0. The lowest BCUT2D eigenvalue weighted by atomic mass is 10.1. The van der Waals surface area contributed by atoms with Crippen LogP contribution in [-0.2, 0) is 22.7 Å². The highest BCUT2D eigenvalue weighted by molar-refractivity contribution is 5.21. The van der Waals surface area contributed by atoms with E-state index in [9.17, 15) is 0 Å². The number of piperidine rings is 1. The van der Waals surface area contributed by atoms with Gasteiger partial charge in [-0.1, -0.05) is 37.1 Å². The largest absolute Gasteiger partial charge is 0.376 e. The first-order valence-electron chi connectivity index (χ1n) is 8.88. The van der Waals surface area contributed by atoms with Crippen LogP contribution in [0.2, 0.25) is 0 Å². The van der Waals surface area contributed by atoms with Gasteiger partial charge in [-0.15, -0.1) is 0 Å². The molecule has 1 saturated carbocycles. The summed E-state index contributed by atoms with van der Waals surface area (Å²) in [5.74, 6) is 0.803. The van der Waals surface area contributed by atoms with Gasteiger partial charge in [-0.25, -0.2) is 0 Å². The van der Waals surface area contributed by atoms with Crippen molar-refractivity contribution in [2.45, 2.75) is 57.8 Å². The van der Waals surface area contributed by atoms with Crippen LogP contribution in [0.1, 0.15) is 49.7 Å². The van der Waals surface area contributed by atoms with Crippen LogP contribution in [0.15, 0.2) is 24.3 Å². The standard InChI is InChI=1S/C19H29NO2/c1-2-4-16(3-1)13-21-14-17-5-7-18(8-6-17)15-22-19-9-11-20-12-10-19/h5-8,16,19-20H,1-4,9-15H2. The van der Waals surface area contributed by atoms with E-state index < -0.39 is 0 Å². The fourth-order valence-electron chi connectivity index (χ4n) is 3.43. The van der Waals surface area contributed by atoms with Crippen LogP contribution < -0.4 is 5.32 Å². The van der Waals surface area contributed by atoms with E-state index in [-0.39, 0.29) is 0 Å². The van der Waals surface area contributed by atoms with E-state index in [4.69, 9.17) is 9.47 Å². The number of benzene rings is 1. The molecular formula is C19H29NO2. The summed E-state index contributed by atoms with van der Waals surface area (Å²) in [4.78, 5) is 0. The molecule has 0 aromatic heterocycles. The third-order valence-electron chi connectivity index (χ3n) is 4.89. The Morgan fingerprint density at radius 2 is 1.50 bits per heavy atom. The van der Waals surface area contributed by atoms with E-state index in [0.717, 1.165) is 51.7 Å². The fraction of sp³-hybridized carbons (Fsp3) is 0.684. The average Bonchev–Trinajstić information content (AvgIpc) is 3.08. The van der Waals surface area contributed by atoms with Crippen molar-refractivity contribution in [3.05, 3.63) is 35.4 Å². The molecule has 0 spiro atoms. The third-order valence-corrected chi connectivity index (χ3v) is 4.89. The molecule has 1 N–H and O–H groups in total. The maximum Gasteiger partial charge on any atom is 0.0720 e. The predicted molar refractivity (Wildman–Crippen MR) is 88.7 cm³/mol. The normalized spacial score (nSPS) is 20.5. The number of rotatable bonds is 7. The molecule has 122 valence electrons. The molecule has 1 aliphatic carbocycles. The van der Waals surface area contributed by atoms with E-state index >= 15 is 0 Å². The van der Waals surface area contributed by atoms with Gasteiger partial charge in [0.2, 0.25) is 0 Å². The van der Waals surface area contributed by atoms with E-state index in [0.29, 0.717) is 6.10 Å². The molecule has 22 heavy (non-hydrogen) atoms. The summed E-state index contributed by atoms with van der Waals surface area (Å²) in [6, 6.07) is 8.70. The van der Waals surface area contributed by atoms with Crippen molar-refractivity contribution in [1.29, 1.82) is 0 Å². The number of ether oxygens (including phenoxy) is 2. The topological polar surface area (TPSA) is 30.5 Å². The Bertz CT molecular complexity index is 420. The second-order valence-corrected chi connectivity index (χ2v) is 6.74. The summed E-state index contributed by atoms with van der Waals surface area (Å²) in [6.45, 7) is 4.57. The van der Waals surface area contributed by atoms with Gasteiger partial charge in [-0.2, -0.15) is 0 Å². The summed E-state index contributed by atoms with van der Waals surface area (Å²) in [5, 5.41) is 3.37. The first-order valence-corrected chi connectivity index (χ1v) is 8.88. The molecule has 3 nitrogen and oxygen atoms in total. The fourth-order valence-corrected chi connectivity index (χ4v) is 3.43. The SMILES string of the molecule is c1cc(COC2CCNCC2)ccc1COCC1CCCC1. The number of nitrogens with one attached hydrogen (secondary N) is 1. The molecule has 0 bridgehead atoms. The Balaban J connectivity index is 1.35. The lowest BCUT2D eigenvalue weighted by Gasteiger charge is -2.23. The van der Waals surface area contributed by atoms with Gasteiger partial charge in [0, 0.05) is 6.61 Å². The second-order valence-electron chi connectivity index (χ2n) is 6.74.